The minimum absolute atomic E-state index is 0.0771. The van der Waals surface area contributed by atoms with Crippen LogP contribution in [0.25, 0.3) is 0 Å². The molecule has 1 unspecified atom stereocenters. The standard InChI is InChI=1S/C30H42O10/c1-8-22(38-19-20-10-12-23(35-5)13-11-20)18-24-16-21(17-27(34)36-6)28(39-26(33)9-2)30(37-7,40-24)29(3,4)15-14-25(31)32/h10-15,17,22,24,28H,8-9,16,18-19H2,1-7H3,(H,31,32)/t22-,24?,28-,30+/m0/s1. The van der Waals surface area contributed by atoms with Gasteiger partial charge in [0.25, 0.3) is 0 Å². The number of carboxylic acids is 1. The maximum absolute atomic E-state index is 12.5. The fraction of sp³-hybridized carbons (Fsp3) is 0.567. The van der Waals surface area contributed by atoms with Crippen LogP contribution in [0.4, 0.5) is 0 Å². The highest BCUT2D eigenvalue weighted by Crippen LogP contribution is 2.48. The number of ether oxygens (including phenoxy) is 6. The van der Waals surface area contributed by atoms with Gasteiger partial charge < -0.3 is 33.5 Å². The van der Waals surface area contributed by atoms with E-state index >= 15 is 0 Å². The van der Waals surface area contributed by atoms with E-state index in [-0.39, 0.29) is 18.9 Å². The second-order valence-corrected chi connectivity index (χ2v) is 10.1. The van der Waals surface area contributed by atoms with Crippen LogP contribution in [0, 0.1) is 5.41 Å². The zero-order valence-corrected chi connectivity index (χ0v) is 24.4. The van der Waals surface area contributed by atoms with Gasteiger partial charge in [0, 0.05) is 37.5 Å². The fourth-order valence-corrected chi connectivity index (χ4v) is 4.69. The van der Waals surface area contributed by atoms with Crippen molar-refractivity contribution < 1.29 is 47.9 Å². The first-order chi connectivity index (χ1) is 18.9. The molecule has 222 valence electrons. The van der Waals surface area contributed by atoms with E-state index in [0.717, 1.165) is 17.4 Å². The van der Waals surface area contributed by atoms with E-state index in [9.17, 15) is 19.5 Å². The summed E-state index contributed by atoms with van der Waals surface area (Å²) in [6.45, 7) is 7.46. The maximum atomic E-state index is 12.5. The van der Waals surface area contributed by atoms with Crippen LogP contribution in [-0.2, 0) is 44.7 Å². The molecule has 0 radical (unpaired) electrons. The average Bonchev–Trinajstić information content (AvgIpc) is 2.95. The molecular formula is C30H42O10. The van der Waals surface area contributed by atoms with Crippen molar-refractivity contribution in [1.29, 1.82) is 0 Å². The monoisotopic (exact) mass is 562 g/mol. The quantitative estimate of drug-likeness (QED) is 0.254. The Morgan fingerprint density at radius 1 is 1.15 bits per heavy atom. The Morgan fingerprint density at radius 2 is 1.82 bits per heavy atom. The molecule has 1 aliphatic heterocycles. The highest BCUT2D eigenvalue weighted by atomic mass is 16.7. The number of methoxy groups -OCH3 is 3. The molecule has 0 saturated carbocycles. The number of carbonyl (C=O) groups is 3. The molecule has 40 heavy (non-hydrogen) atoms. The van der Waals surface area contributed by atoms with E-state index in [1.165, 1.54) is 26.4 Å². The molecular weight excluding hydrogens is 520 g/mol. The second kappa shape index (κ2) is 15.0. The summed E-state index contributed by atoms with van der Waals surface area (Å²) in [5, 5.41) is 9.32. The summed E-state index contributed by atoms with van der Waals surface area (Å²) in [5.74, 6) is -3.22. The number of esters is 2. The Bertz CT molecular complexity index is 1060. The van der Waals surface area contributed by atoms with Gasteiger partial charge in [0.15, 0.2) is 6.10 Å². The van der Waals surface area contributed by atoms with Crippen molar-refractivity contribution in [3.8, 4) is 5.75 Å². The molecule has 10 heteroatoms. The predicted molar refractivity (Wildman–Crippen MR) is 147 cm³/mol. The summed E-state index contributed by atoms with van der Waals surface area (Å²) in [4.78, 5) is 36.3. The molecule has 1 saturated heterocycles. The van der Waals surface area contributed by atoms with Gasteiger partial charge in [-0.05, 0) is 36.1 Å². The van der Waals surface area contributed by atoms with Gasteiger partial charge in [-0.1, -0.05) is 45.9 Å². The van der Waals surface area contributed by atoms with E-state index < -0.39 is 41.3 Å². The van der Waals surface area contributed by atoms with E-state index in [1.807, 2.05) is 31.2 Å². The lowest BCUT2D eigenvalue weighted by molar-refractivity contribution is -0.338. The molecule has 0 aromatic heterocycles. The first-order valence-electron chi connectivity index (χ1n) is 13.3. The Balaban J connectivity index is 2.46. The van der Waals surface area contributed by atoms with E-state index in [1.54, 1.807) is 27.9 Å². The molecule has 1 heterocycles. The smallest absolute Gasteiger partial charge is 0.330 e. The third-order valence-corrected chi connectivity index (χ3v) is 7.00. The minimum Gasteiger partial charge on any atom is -0.497 e. The maximum Gasteiger partial charge on any atom is 0.330 e. The van der Waals surface area contributed by atoms with Crippen LogP contribution >= 0.6 is 0 Å². The van der Waals surface area contributed by atoms with Crippen LogP contribution in [-0.4, -0.2) is 68.4 Å². The summed E-state index contributed by atoms with van der Waals surface area (Å²) in [6.07, 6.45) is 3.26. The third-order valence-electron chi connectivity index (χ3n) is 7.00. The number of rotatable bonds is 14. The lowest BCUT2D eigenvalue weighted by atomic mass is 9.74. The molecule has 0 bridgehead atoms. The SMILES string of the molecule is CCC(=O)O[C@H]1C(=CC(=O)OC)CC(C[C@H](CC)OCc2ccc(OC)cc2)O[C@@]1(OC)C(C)(C)C=CC(=O)O. The molecule has 4 atom stereocenters. The van der Waals surface area contributed by atoms with Crippen LogP contribution in [0.3, 0.4) is 0 Å². The summed E-state index contributed by atoms with van der Waals surface area (Å²) in [5.41, 5.74) is 0.291. The number of hydrogen-bond acceptors (Lipinski definition) is 9. The van der Waals surface area contributed by atoms with Crippen LogP contribution in [0.15, 0.2) is 48.1 Å². The summed E-state index contributed by atoms with van der Waals surface area (Å²) in [6, 6.07) is 7.59. The Labute approximate surface area is 236 Å². The Morgan fingerprint density at radius 3 is 2.35 bits per heavy atom. The van der Waals surface area contributed by atoms with Gasteiger partial charge >= 0.3 is 17.9 Å². The molecule has 10 nitrogen and oxygen atoms in total. The zero-order valence-electron chi connectivity index (χ0n) is 24.4. The van der Waals surface area contributed by atoms with Crippen LogP contribution in [0.2, 0.25) is 0 Å². The van der Waals surface area contributed by atoms with Crippen molar-refractivity contribution in [2.45, 2.75) is 84.1 Å². The molecule has 0 aliphatic carbocycles. The number of aliphatic carboxylic acids is 1. The van der Waals surface area contributed by atoms with Crippen molar-refractivity contribution >= 4 is 17.9 Å². The van der Waals surface area contributed by atoms with Crippen LogP contribution < -0.4 is 4.74 Å². The fourth-order valence-electron chi connectivity index (χ4n) is 4.69. The highest BCUT2D eigenvalue weighted by molar-refractivity contribution is 5.83. The molecule has 0 spiro atoms. The second-order valence-electron chi connectivity index (χ2n) is 10.1. The van der Waals surface area contributed by atoms with Crippen molar-refractivity contribution in [3.63, 3.8) is 0 Å². The normalized spacial score (nSPS) is 23.1. The first kappa shape index (κ1) is 33.0. The summed E-state index contributed by atoms with van der Waals surface area (Å²) < 4.78 is 34.7. The minimum atomic E-state index is -1.67. The van der Waals surface area contributed by atoms with Gasteiger partial charge in [-0.15, -0.1) is 0 Å². The van der Waals surface area contributed by atoms with Crippen molar-refractivity contribution in [2.24, 2.45) is 5.41 Å². The van der Waals surface area contributed by atoms with Gasteiger partial charge in [0.1, 0.15) is 5.75 Å². The van der Waals surface area contributed by atoms with Gasteiger partial charge in [0.2, 0.25) is 5.79 Å². The first-order valence-corrected chi connectivity index (χ1v) is 13.3. The largest absolute Gasteiger partial charge is 0.497 e. The van der Waals surface area contributed by atoms with Crippen LogP contribution in [0.1, 0.15) is 58.9 Å². The van der Waals surface area contributed by atoms with Crippen molar-refractivity contribution in [3.05, 3.63) is 53.6 Å². The molecule has 2 rings (SSSR count). The third kappa shape index (κ3) is 8.39. The summed E-state index contributed by atoms with van der Waals surface area (Å²) >= 11 is 0. The van der Waals surface area contributed by atoms with Gasteiger partial charge in [0.05, 0.1) is 33.0 Å². The topological polar surface area (TPSA) is 127 Å². The predicted octanol–water partition coefficient (Wildman–Crippen LogP) is 4.60. The Hall–Kier alpha value is -3.21. The van der Waals surface area contributed by atoms with Gasteiger partial charge in [-0.25, -0.2) is 9.59 Å². The van der Waals surface area contributed by atoms with Crippen LogP contribution in [0.5, 0.6) is 5.75 Å². The van der Waals surface area contributed by atoms with Crippen molar-refractivity contribution in [2.75, 3.05) is 21.3 Å². The molecule has 1 aliphatic rings. The summed E-state index contributed by atoms with van der Waals surface area (Å²) in [7, 11) is 4.27. The lowest BCUT2D eigenvalue weighted by Crippen LogP contribution is -2.63. The highest BCUT2D eigenvalue weighted by Gasteiger charge is 2.59. The molecule has 1 aromatic rings. The molecule has 0 amide bonds. The van der Waals surface area contributed by atoms with Gasteiger partial charge in [-0.2, -0.15) is 0 Å². The zero-order chi connectivity index (χ0) is 29.9. The number of benzene rings is 1. The number of carbonyl (C=O) groups excluding carboxylic acids is 2. The van der Waals surface area contributed by atoms with E-state index in [2.05, 4.69) is 0 Å². The van der Waals surface area contributed by atoms with E-state index in [0.29, 0.717) is 25.0 Å². The molecule has 1 fully saturated rings. The molecule has 1 aromatic carbocycles. The Kier molecular flexibility index (Phi) is 12.4. The average molecular weight is 563 g/mol. The number of carboxylic acid groups (broad SMARTS) is 1. The lowest BCUT2D eigenvalue weighted by Gasteiger charge is -2.53. The number of hydrogen-bond donors (Lipinski definition) is 1. The van der Waals surface area contributed by atoms with Crippen molar-refractivity contribution in [1.82, 2.24) is 0 Å². The van der Waals surface area contributed by atoms with E-state index in [4.69, 9.17) is 28.4 Å². The molecule has 1 N–H and O–H groups in total. The van der Waals surface area contributed by atoms with Gasteiger partial charge in [-0.3, -0.25) is 4.79 Å².